The summed E-state index contributed by atoms with van der Waals surface area (Å²) >= 11 is 0. The molecule has 6 nitrogen and oxygen atoms in total. The highest BCUT2D eigenvalue weighted by atomic mass is 16.5. The number of carbonyl (C=O) groups is 2. The molecule has 0 radical (unpaired) electrons. The number of hydrogen-bond acceptors (Lipinski definition) is 5. The van der Waals surface area contributed by atoms with E-state index in [0.29, 0.717) is 18.0 Å². The second-order valence-corrected chi connectivity index (χ2v) is 5.85. The predicted octanol–water partition coefficient (Wildman–Crippen LogP) is 2.11. The molecular weight excluding hydrogens is 330 g/mol. The van der Waals surface area contributed by atoms with Gasteiger partial charge in [-0.15, -0.1) is 0 Å². The number of fused-ring (bicyclic) bond motifs is 1. The van der Waals surface area contributed by atoms with Gasteiger partial charge >= 0.3 is 5.97 Å². The van der Waals surface area contributed by atoms with Gasteiger partial charge in [0.1, 0.15) is 0 Å². The van der Waals surface area contributed by atoms with E-state index < -0.39 is 6.17 Å². The van der Waals surface area contributed by atoms with Crippen LogP contribution in [-0.2, 0) is 14.3 Å². The van der Waals surface area contributed by atoms with Crippen molar-refractivity contribution in [1.82, 2.24) is 0 Å². The molecule has 0 saturated heterocycles. The summed E-state index contributed by atoms with van der Waals surface area (Å²) in [5.74, 6) is -0.688. The molecule has 6 heteroatoms. The van der Waals surface area contributed by atoms with Crippen molar-refractivity contribution in [2.45, 2.75) is 19.5 Å². The minimum absolute atomic E-state index is 0.0985. The number of anilines is 1. The second-order valence-electron chi connectivity index (χ2n) is 5.85. The average molecular weight is 351 g/mol. The van der Waals surface area contributed by atoms with Crippen LogP contribution in [-0.4, -0.2) is 36.9 Å². The molecule has 0 saturated carbocycles. The Kier molecular flexibility index (Phi) is 5.43. The van der Waals surface area contributed by atoms with Gasteiger partial charge in [-0.1, -0.05) is 48.5 Å². The summed E-state index contributed by atoms with van der Waals surface area (Å²) in [4.78, 5) is 30.5. The van der Waals surface area contributed by atoms with Crippen molar-refractivity contribution in [3.8, 4) is 0 Å². The van der Waals surface area contributed by atoms with Crippen LogP contribution in [0.2, 0.25) is 0 Å². The van der Waals surface area contributed by atoms with Crippen LogP contribution in [0.3, 0.4) is 0 Å². The van der Waals surface area contributed by atoms with Gasteiger partial charge in [-0.25, -0.2) is 0 Å². The summed E-state index contributed by atoms with van der Waals surface area (Å²) < 4.78 is 4.97. The van der Waals surface area contributed by atoms with E-state index in [9.17, 15) is 9.59 Å². The predicted molar refractivity (Wildman–Crippen MR) is 100 cm³/mol. The van der Waals surface area contributed by atoms with Gasteiger partial charge in [0.05, 0.1) is 24.4 Å². The number of ether oxygens (including phenoxy) is 1. The summed E-state index contributed by atoms with van der Waals surface area (Å²) in [5.41, 5.74) is 9.10. The number of benzodiazepines with no additional fused rings is 1. The van der Waals surface area contributed by atoms with E-state index in [4.69, 9.17) is 10.5 Å². The molecule has 0 aromatic heterocycles. The third kappa shape index (κ3) is 3.65. The number of rotatable bonds is 5. The quantitative estimate of drug-likeness (QED) is 0.836. The third-order valence-corrected chi connectivity index (χ3v) is 4.13. The van der Waals surface area contributed by atoms with Crippen LogP contribution in [0.4, 0.5) is 5.69 Å². The first-order valence-electron chi connectivity index (χ1n) is 8.57. The highest BCUT2D eigenvalue weighted by molar-refractivity contribution is 6.20. The molecule has 134 valence electrons. The molecule has 2 N–H and O–H groups in total. The fraction of sp³-hybridized carbons (Fsp3) is 0.250. The minimum Gasteiger partial charge on any atom is -0.466 e. The number of benzene rings is 2. The molecular formula is C20H21N3O3. The van der Waals surface area contributed by atoms with Gasteiger partial charge in [-0.05, 0) is 13.0 Å². The Bertz CT molecular complexity index is 833. The molecule has 0 aliphatic carbocycles. The molecule has 1 atom stereocenters. The second kappa shape index (κ2) is 7.93. The smallest absolute Gasteiger partial charge is 0.307 e. The monoisotopic (exact) mass is 351 g/mol. The number of nitrogens with zero attached hydrogens (tertiary/aromatic N) is 2. The number of amides is 1. The van der Waals surface area contributed by atoms with E-state index in [1.165, 1.54) is 4.90 Å². The lowest BCUT2D eigenvalue weighted by Crippen LogP contribution is -2.43. The molecule has 1 amide bonds. The average Bonchev–Trinajstić information content (AvgIpc) is 2.77. The number of para-hydroxylation sites is 1. The van der Waals surface area contributed by atoms with Crippen LogP contribution in [0.25, 0.3) is 0 Å². The highest BCUT2D eigenvalue weighted by Crippen LogP contribution is 2.27. The molecule has 1 heterocycles. The molecule has 26 heavy (non-hydrogen) atoms. The SMILES string of the molecule is CCOC(=O)CCN1C(=O)[C@H](N)N=C(c2ccccc2)c2ccccc21. The van der Waals surface area contributed by atoms with Crippen molar-refractivity contribution in [1.29, 1.82) is 0 Å². The molecule has 0 bridgehead atoms. The zero-order valence-corrected chi connectivity index (χ0v) is 14.6. The lowest BCUT2D eigenvalue weighted by atomic mass is 10.0. The van der Waals surface area contributed by atoms with Crippen LogP contribution >= 0.6 is 0 Å². The van der Waals surface area contributed by atoms with Gasteiger partial charge in [0, 0.05) is 17.7 Å². The Morgan fingerprint density at radius 1 is 1.15 bits per heavy atom. The molecule has 0 unspecified atom stereocenters. The largest absolute Gasteiger partial charge is 0.466 e. The maximum Gasteiger partial charge on any atom is 0.307 e. The fourth-order valence-electron chi connectivity index (χ4n) is 2.94. The van der Waals surface area contributed by atoms with E-state index in [0.717, 1.165) is 11.1 Å². The van der Waals surface area contributed by atoms with Gasteiger partial charge in [-0.3, -0.25) is 14.6 Å². The van der Waals surface area contributed by atoms with Gasteiger partial charge in [0.15, 0.2) is 6.17 Å². The van der Waals surface area contributed by atoms with Crippen molar-refractivity contribution in [3.63, 3.8) is 0 Å². The fourth-order valence-corrected chi connectivity index (χ4v) is 2.94. The van der Waals surface area contributed by atoms with Crippen molar-refractivity contribution in [2.75, 3.05) is 18.1 Å². The Labute approximate surface area is 152 Å². The third-order valence-electron chi connectivity index (χ3n) is 4.13. The molecule has 0 fully saturated rings. The lowest BCUT2D eigenvalue weighted by molar-refractivity contribution is -0.142. The van der Waals surface area contributed by atoms with Gasteiger partial charge < -0.3 is 15.4 Å². The first-order valence-corrected chi connectivity index (χ1v) is 8.57. The first kappa shape index (κ1) is 17.8. The number of aliphatic imine (C=N–C) groups is 1. The molecule has 1 aliphatic rings. The summed E-state index contributed by atoms with van der Waals surface area (Å²) in [6, 6.07) is 17.1. The van der Waals surface area contributed by atoms with Crippen molar-refractivity contribution in [2.24, 2.45) is 10.7 Å². The minimum atomic E-state index is -1.03. The van der Waals surface area contributed by atoms with Crippen molar-refractivity contribution in [3.05, 3.63) is 65.7 Å². The number of hydrogen-bond donors (Lipinski definition) is 1. The lowest BCUT2D eigenvalue weighted by Gasteiger charge is -2.23. The Hall–Kier alpha value is -2.99. The number of carbonyl (C=O) groups excluding carboxylic acids is 2. The summed E-state index contributed by atoms with van der Waals surface area (Å²) in [5, 5.41) is 0. The maximum atomic E-state index is 12.8. The van der Waals surface area contributed by atoms with E-state index in [-0.39, 0.29) is 24.8 Å². The zero-order chi connectivity index (χ0) is 18.5. The van der Waals surface area contributed by atoms with Gasteiger partial charge in [0.25, 0.3) is 5.91 Å². The van der Waals surface area contributed by atoms with Crippen LogP contribution < -0.4 is 10.6 Å². The van der Waals surface area contributed by atoms with Crippen LogP contribution in [0, 0.1) is 0 Å². The normalized spacial score (nSPS) is 16.5. The number of esters is 1. The van der Waals surface area contributed by atoms with E-state index >= 15 is 0 Å². The molecule has 2 aromatic carbocycles. The molecule has 2 aromatic rings. The highest BCUT2D eigenvalue weighted by Gasteiger charge is 2.30. The van der Waals surface area contributed by atoms with E-state index in [2.05, 4.69) is 4.99 Å². The van der Waals surface area contributed by atoms with Crippen molar-refractivity contribution >= 4 is 23.3 Å². The van der Waals surface area contributed by atoms with Crippen LogP contribution in [0.15, 0.2) is 59.6 Å². The molecule has 3 rings (SSSR count). The van der Waals surface area contributed by atoms with Crippen LogP contribution in [0.5, 0.6) is 0 Å². The topological polar surface area (TPSA) is 85.0 Å². The van der Waals surface area contributed by atoms with Gasteiger partial charge in [-0.2, -0.15) is 0 Å². The standard InChI is InChI=1S/C20H21N3O3/c1-2-26-17(24)12-13-23-16-11-7-6-10-15(16)18(22-19(21)20(23)25)14-8-4-3-5-9-14/h3-11,19H,2,12-13,21H2,1H3/t19-/m1/s1. The summed E-state index contributed by atoms with van der Waals surface area (Å²) in [6.07, 6.45) is -0.929. The van der Waals surface area contributed by atoms with Crippen LogP contribution in [0.1, 0.15) is 24.5 Å². The Morgan fingerprint density at radius 3 is 2.58 bits per heavy atom. The Balaban J connectivity index is 2.01. The van der Waals surface area contributed by atoms with Gasteiger partial charge in [0.2, 0.25) is 0 Å². The summed E-state index contributed by atoms with van der Waals surface area (Å²) in [7, 11) is 0. The zero-order valence-electron chi connectivity index (χ0n) is 14.6. The molecule has 0 spiro atoms. The summed E-state index contributed by atoms with van der Waals surface area (Å²) in [6.45, 7) is 2.25. The Morgan fingerprint density at radius 2 is 1.85 bits per heavy atom. The van der Waals surface area contributed by atoms with E-state index in [1.54, 1.807) is 6.92 Å². The van der Waals surface area contributed by atoms with E-state index in [1.807, 2.05) is 54.6 Å². The number of nitrogens with two attached hydrogens (primary N) is 1. The molecule has 1 aliphatic heterocycles. The maximum absolute atomic E-state index is 12.8. The first-order chi connectivity index (χ1) is 12.6. The van der Waals surface area contributed by atoms with Crippen molar-refractivity contribution < 1.29 is 14.3 Å².